The smallest absolute Gasteiger partial charge is 0.201 e. The van der Waals surface area contributed by atoms with E-state index in [9.17, 15) is 34.2 Å². The van der Waals surface area contributed by atoms with Crippen LogP contribution in [0.5, 0.6) is 17.2 Å². The predicted octanol–water partition coefficient (Wildman–Crippen LogP) is 21.7. The van der Waals surface area contributed by atoms with Crippen LogP contribution in [0.3, 0.4) is 0 Å². The Balaban J connectivity index is 0.000000143. The Morgan fingerprint density at radius 1 is 0.463 bits per heavy atom. The molecule has 7 aliphatic rings. The van der Waals surface area contributed by atoms with Crippen molar-refractivity contribution in [1.29, 1.82) is 0 Å². The first-order chi connectivity index (χ1) is 45.1. The number of aromatic hydroxyl groups is 1. The molecular formula is C75H71Br6N3O10Si. The van der Waals surface area contributed by atoms with Crippen molar-refractivity contribution in [1.82, 2.24) is 0 Å². The van der Waals surface area contributed by atoms with Crippen molar-refractivity contribution >= 4 is 150 Å². The van der Waals surface area contributed by atoms with Crippen molar-refractivity contribution in [2.45, 2.75) is 148 Å². The molecule has 0 aliphatic heterocycles. The molecule has 20 heteroatoms. The highest BCUT2D eigenvalue weighted by molar-refractivity contribution is 9.11. The number of aliphatic hydroxyl groups is 1. The van der Waals surface area contributed by atoms with E-state index < -0.39 is 8.32 Å². The van der Waals surface area contributed by atoms with Crippen LogP contribution in [0.15, 0.2) is 118 Å². The highest BCUT2D eigenvalue weighted by atomic mass is 79.9. The summed E-state index contributed by atoms with van der Waals surface area (Å²) in [5.41, 5.74) is 17.2. The molecule has 492 valence electrons. The number of halogens is 6. The fourth-order valence-electron chi connectivity index (χ4n) is 11.9. The van der Waals surface area contributed by atoms with Gasteiger partial charge in [-0.1, -0.05) is 133 Å². The number of phenols is 1. The molecule has 7 aromatic carbocycles. The summed E-state index contributed by atoms with van der Waals surface area (Å²) in [5.74, 6) is 2.98. The van der Waals surface area contributed by atoms with Crippen LogP contribution in [0, 0.1) is 26.6 Å². The van der Waals surface area contributed by atoms with Gasteiger partial charge in [-0.25, -0.2) is 14.5 Å². The molecule has 7 aromatic rings. The van der Waals surface area contributed by atoms with Crippen LogP contribution in [-0.2, 0) is 49.4 Å². The Bertz CT molecular complexity index is 4280. The molecule has 0 saturated carbocycles. The van der Waals surface area contributed by atoms with E-state index in [4.69, 9.17) is 33.6 Å². The second kappa shape index (κ2) is 32.4. The summed E-state index contributed by atoms with van der Waals surface area (Å²) in [6, 6.07) is 27.5. The molecule has 0 amide bonds. The van der Waals surface area contributed by atoms with Crippen LogP contribution < -0.4 is 9.47 Å². The van der Waals surface area contributed by atoms with Gasteiger partial charge in [0, 0.05) is 77.8 Å². The first-order valence-corrected chi connectivity index (χ1v) is 38.6. The monoisotopic (exact) mass is 1680 g/mol. The maximum absolute atomic E-state index is 11.4. The van der Waals surface area contributed by atoms with E-state index in [0.717, 1.165) is 153 Å². The number of rotatable bonds is 4. The van der Waals surface area contributed by atoms with Crippen LogP contribution in [0.25, 0.3) is 14.5 Å². The van der Waals surface area contributed by atoms with Crippen LogP contribution in [0.4, 0.5) is 17.1 Å². The summed E-state index contributed by atoms with van der Waals surface area (Å²) in [7, 11) is 1.51. The van der Waals surface area contributed by atoms with Gasteiger partial charge in [0.05, 0.1) is 55.1 Å². The van der Waals surface area contributed by atoms with Crippen LogP contribution >= 0.6 is 95.6 Å². The number of nitrogens with zero attached hydrogens (tertiary/aromatic N) is 3. The number of ketones is 5. The molecule has 0 radical (unpaired) electrons. The number of methoxy groups -OCH3 is 2. The lowest BCUT2D eigenvalue weighted by atomic mass is 10.1. The van der Waals surface area contributed by atoms with E-state index in [0.29, 0.717) is 53.6 Å². The maximum Gasteiger partial charge on any atom is 0.201 e. The quantitative estimate of drug-likeness (QED) is 0.128. The standard InChI is InChI=1S/C16H22BrNOSi.C10H8BrNO.C10H6BrNO.C10H9BrO2.C10H9BrO.C10H10O2.C9H7BrO2/c1-16(2,3)20(5,6)19-14-10-8-12-11(14)7-9-13(18-4)15(12)17;2*1-12-8-4-2-6-7(10(8)11)3-5-9(6)13;1-13-9-5-3-6-7(10(9)11)2-4-8(6)12;1-6-2-3-7-8(10(6)11)4-5-9(7)12;1-12-8-3-4-9-7(6-8)2-5-10(9)11;10-9-6-2-3-7(11)5(6)1-4-8(9)12/h7,9,14H,8,10H2,1-3,5-6H3;2,4,9,13H,3,5H2;2,4H,3,5H2;3,5H,2,4H2,1H3;2-3H,4-5H2,1H3;3-4,6H,2,5H2,1H3;1,4,12H,2-3H2/t14-;9-;;;;;/m00...../s1. The van der Waals surface area contributed by atoms with Crippen molar-refractivity contribution in [2.24, 2.45) is 0 Å². The minimum absolute atomic E-state index is 0.172. The SMILES string of the molecule is COc1ccc2c(c1)CCC2=O.COc1ccc2c(c1Br)CCC2=O.Cc1ccc2c(c1Br)CCC2=O.O=C1CCc2c1ccc(O)c2Br.[C-]#[N+]c1ccc2c(c1Br)CCC2=O.[C-]#[N+]c1ccc2c(c1Br)CC[C@@H]2O.[C-]#[N+]c1ccc2c(c1Br)CC[C@@H]2O[Si](C)(C)C(C)(C)C. The zero-order valence-electron chi connectivity index (χ0n) is 54.0. The Labute approximate surface area is 607 Å². The number of carbonyl (C=O) groups excluding carboxylic acids is 5. The summed E-state index contributed by atoms with van der Waals surface area (Å²) in [5, 5.41) is 19.1. The minimum Gasteiger partial charge on any atom is -0.507 e. The van der Waals surface area contributed by atoms with Crippen molar-refractivity contribution in [3.63, 3.8) is 0 Å². The highest BCUT2D eigenvalue weighted by Gasteiger charge is 2.41. The number of phenolic OH excluding ortho intramolecular Hbond substituents is 1. The van der Waals surface area contributed by atoms with Crippen LogP contribution in [0.2, 0.25) is 18.1 Å². The summed E-state index contributed by atoms with van der Waals surface area (Å²) < 4.78 is 22.1. The van der Waals surface area contributed by atoms with Crippen molar-refractivity contribution in [3.8, 4) is 17.2 Å². The molecule has 95 heavy (non-hydrogen) atoms. The van der Waals surface area contributed by atoms with Crippen LogP contribution in [-0.4, -0.2) is 61.7 Å². The molecular weight excluding hydrogens is 1610 g/mol. The molecule has 14 rings (SSSR count). The van der Waals surface area contributed by atoms with Gasteiger partial charge in [-0.3, -0.25) is 24.0 Å². The van der Waals surface area contributed by atoms with Gasteiger partial charge in [0.1, 0.15) is 17.2 Å². The first-order valence-electron chi connectivity index (χ1n) is 31.0. The number of aryl methyl sites for hydroxylation is 2. The summed E-state index contributed by atoms with van der Waals surface area (Å²) in [4.78, 5) is 66.7. The number of benzene rings is 7. The number of hydrogen-bond donors (Lipinski definition) is 2. The Morgan fingerprint density at radius 3 is 1.39 bits per heavy atom. The lowest BCUT2D eigenvalue weighted by Crippen LogP contribution is -2.41. The average Bonchev–Trinajstić information content (AvgIpc) is 1.69. The van der Waals surface area contributed by atoms with Gasteiger partial charge >= 0.3 is 0 Å². The van der Waals surface area contributed by atoms with Gasteiger partial charge in [-0.2, -0.15) is 0 Å². The molecule has 0 bridgehead atoms. The van der Waals surface area contributed by atoms with Gasteiger partial charge in [-0.15, -0.1) is 0 Å². The van der Waals surface area contributed by atoms with E-state index in [2.05, 4.69) is 150 Å². The third kappa shape index (κ3) is 16.8. The average molecular weight is 1680 g/mol. The van der Waals surface area contributed by atoms with Crippen molar-refractivity contribution in [3.05, 3.63) is 236 Å². The minimum atomic E-state index is -1.75. The normalized spacial score (nSPS) is 16.1. The highest BCUT2D eigenvalue weighted by Crippen LogP contribution is 2.48. The zero-order valence-corrected chi connectivity index (χ0v) is 64.5. The molecule has 0 spiro atoms. The maximum atomic E-state index is 11.4. The van der Waals surface area contributed by atoms with Crippen molar-refractivity contribution < 1.29 is 48.1 Å². The third-order valence-corrected chi connectivity index (χ3v) is 28.3. The third-order valence-electron chi connectivity index (χ3n) is 18.3. The number of Topliss-reactive ketones (excluding diaryl/α,β-unsaturated/α-hetero) is 5. The number of fused-ring (bicyclic) bond motifs is 7. The Hall–Kier alpha value is -6.22. The summed E-state index contributed by atoms with van der Waals surface area (Å²) >= 11 is 20.5. The lowest BCUT2D eigenvalue weighted by molar-refractivity contribution is 0.0986. The van der Waals surface area contributed by atoms with Gasteiger partial charge in [0.2, 0.25) is 17.1 Å². The summed E-state index contributed by atoms with van der Waals surface area (Å²) in [6.45, 7) is 34.5. The molecule has 0 aromatic heterocycles. The van der Waals surface area contributed by atoms with Crippen LogP contribution in [0.1, 0.15) is 185 Å². The molecule has 13 nitrogen and oxygen atoms in total. The van der Waals surface area contributed by atoms with E-state index in [1.807, 2.05) is 61.5 Å². The van der Waals surface area contributed by atoms with Gasteiger partial charge < -0.3 is 24.1 Å². The number of aliphatic hydroxyl groups excluding tert-OH is 1. The van der Waals surface area contributed by atoms with Gasteiger partial charge in [-0.05, 0) is 213 Å². The second-order valence-electron chi connectivity index (χ2n) is 25.0. The molecule has 0 unspecified atom stereocenters. The topological polar surface area (TPSA) is 167 Å². The van der Waals surface area contributed by atoms with E-state index >= 15 is 0 Å². The number of carbonyl (C=O) groups is 5. The molecule has 0 heterocycles. The second-order valence-corrected chi connectivity index (χ2v) is 34.6. The van der Waals surface area contributed by atoms with E-state index in [1.54, 1.807) is 44.6 Å². The molecule has 0 saturated heterocycles. The Kier molecular flexibility index (Phi) is 25.4. The van der Waals surface area contributed by atoms with E-state index in [-0.39, 0.29) is 51.9 Å². The molecule has 2 N–H and O–H groups in total. The molecule has 2 atom stereocenters. The Morgan fingerprint density at radius 2 is 0.874 bits per heavy atom. The molecule has 7 aliphatic carbocycles. The van der Waals surface area contributed by atoms with Gasteiger partial charge in [0.15, 0.2) is 37.2 Å². The first kappa shape index (κ1) is 74.6. The zero-order chi connectivity index (χ0) is 69.4. The summed E-state index contributed by atoms with van der Waals surface area (Å²) in [6.07, 6.45) is 10.7. The number of ether oxygens (including phenoxy) is 2. The number of hydrogen-bond acceptors (Lipinski definition) is 10. The van der Waals surface area contributed by atoms with Gasteiger partial charge in [0.25, 0.3) is 0 Å². The van der Waals surface area contributed by atoms with Crippen molar-refractivity contribution in [2.75, 3.05) is 14.2 Å². The predicted molar refractivity (Wildman–Crippen MR) is 395 cm³/mol. The largest absolute Gasteiger partial charge is 0.507 e. The van der Waals surface area contributed by atoms with E-state index in [1.165, 1.54) is 22.3 Å². The fraction of sp³-hybridized carbons (Fsp3) is 0.333. The fourth-order valence-corrected chi connectivity index (χ4v) is 17.0. The molecule has 0 fully saturated rings. The lowest BCUT2D eigenvalue weighted by Gasteiger charge is -2.38.